The maximum absolute atomic E-state index is 13.3. The van der Waals surface area contributed by atoms with Gasteiger partial charge in [-0.05, 0) is 60.0 Å². The van der Waals surface area contributed by atoms with Crippen LogP contribution in [-0.4, -0.2) is 40.3 Å². The van der Waals surface area contributed by atoms with E-state index in [0.717, 1.165) is 36.7 Å². The zero-order valence-corrected chi connectivity index (χ0v) is 22.5. The number of carbonyl (C=O) groups excluding carboxylic acids is 2. The molecule has 0 radical (unpaired) electrons. The van der Waals surface area contributed by atoms with E-state index in [1.807, 2.05) is 48.7 Å². The SMILES string of the molecule is COc1ccc2[nH]cc(CCN3C(=O)C(=O)C(=C(O)c4ccc(Br)cc4)[C@@H]3c3cccc(Br)c3)c2c1. The van der Waals surface area contributed by atoms with Crippen molar-refractivity contribution in [2.45, 2.75) is 12.5 Å². The third-order valence-corrected chi connectivity index (χ3v) is 7.44. The number of methoxy groups -OCH3 is 1. The Morgan fingerprint density at radius 1 is 1.03 bits per heavy atom. The molecule has 8 heteroatoms. The van der Waals surface area contributed by atoms with E-state index in [4.69, 9.17) is 4.74 Å². The van der Waals surface area contributed by atoms with Gasteiger partial charge in [-0.3, -0.25) is 9.59 Å². The Bertz CT molecular complexity index is 1510. The quantitative estimate of drug-likeness (QED) is 0.151. The molecule has 1 aliphatic heterocycles. The van der Waals surface area contributed by atoms with Crippen molar-refractivity contribution in [2.75, 3.05) is 13.7 Å². The second-order valence-corrected chi connectivity index (χ2v) is 10.4. The molecule has 0 aliphatic carbocycles. The number of ketones is 1. The lowest BCUT2D eigenvalue weighted by atomic mass is 9.95. The van der Waals surface area contributed by atoms with Gasteiger partial charge in [0.1, 0.15) is 11.5 Å². The number of benzene rings is 3. The monoisotopic (exact) mass is 608 g/mol. The number of likely N-dealkylation sites (tertiary alicyclic amines) is 1. The van der Waals surface area contributed by atoms with Gasteiger partial charge >= 0.3 is 0 Å². The van der Waals surface area contributed by atoms with Gasteiger partial charge in [0, 0.05) is 38.2 Å². The number of aliphatic hydroxyl groups excluding tert-OH is 1. The number of carbonyl (C=O) groups is 2. The number of nitrogens with zero attached hydrogens (tertiary/aromatic N) is 1. The van der Waals surface area contributed by atoms with E-state index in [9.17, 15) is 14.7 Å². The molecule has 1 amide bonds. The Kier molecular flexibility index (Phi) is 6.73. The van der Waals surface area contributed by atoms with E-state index in [-0.39, 0.29) is 11.3 Å². The Labute approximate surface area is 224 Å². The van der Waals surface area contributed by atoms with Gasteiger partial charge in [0.15, 0.2) is 0 Å². The molecule has 3 aromatic carbocycles. The number of hydrogen-bond donors (Lipinski definition) is 2. The van der Waals surface area contributed by atoms with Gasteiger partial charge in [0.2, 0.25) is 0 Å². The maximum Gasteiger partial charge on any atom is 0.295 e. The molecule has 36 heavy (non-hydrogen) atoms. The van der Waals surface area contributed by atoms with Crippen LogP contribution in [0.3, 0.4) is 0 Å². The van der Waals surface area contributed by atoms with E-state index in [0.29, 0.717) is 18.5 Å². The summed E-state index contributed by atoms with van der Waals surface area (Å²) < 4.78 is 7.03. The van der Waals surface area contributed by atoms with Crippen LogP contribution in [0.4, 0.5) is 0 Å². The number of halogens is 2. The summed E-state index contributed by atoms with van der Waals surface area (Å²) in [6.07, 6.45) is 2.43. The highest BCUT2D eigenvalue weighted by atomic mass is 79.9. The number of fused-ring (bicyclic) bond motifs is 1. The number of nitrogens with one attached hydrogen (secondary N) is 1. The topological polar surface area (TPSA) is 82.6 Å². The lowest BCUT2D eigenvalue weighted by Crippen LogP contribution is -2.31. The van der Waals surface area contributed by atoms with Gasteiger partial charge in [0.25, 0.3) is 11.7 Å². The first-order valence-corrected chi connectivity index (χ1v) is 12.9. The van der Waals surface area contributed by atoms with Crippen molar-refractivity contribution in [3.05, 3.63) is 104 Å². The number of rotatable bonds is 6. The average molecular weight is 610 g/mol. The molecular formula is C28H22Br2N2O4. The Hall–Kier alpha value is -3.36. The molecule has 1 fully saturated rings. The van der Waals surface area contributed by atoms with Gasteiger partial charge < -0.3 is 19.7 Å². The van der Waals surface area contributed by atoms with Crippen molar-refractivity contribution in [3.63, 3.8) is 0 Å². The van der Waals surface area contributed by atoms with Crippen LogP contribution in [0.15, 0.2) is 87.4 Å². The molecule has 1 aliphatic rings. The lowest BCUT2D eigenvalue weighted by molar-refractivity contribution is -0.139. The van der Waals surface area contributed by atoms with Crippen LogP contribution in [-0.2, 0) is 16.0 Å². The standard InChI is InChI=1S/C28H22Br2N2O4/c1-36-21-9-10-23-22(14-21)18(15-31-23)11-12-32-25(17-3-2-4-20(30)13-17)24(27(34)28(32)35)26(33)16-5-7-19(29)8-6-16/h2-10,13-15,25,31,33H,11-12H2,1H3/t25-/m0/s1. The molecule has 2 heterocycles. The third-order valence-electron chi connectivity index (χ3n) is 6.42. The fraction of sp³-hybridized carbons (Fsp3) is 0.143. The van der Waals surface area contributed by atoms with Gasteiger partial charge in [-0.15, -0.1) is 0 Å². The summed E-state index contributed by atoms with van der Waals surface area (Å²) in [6, 6.07) is 19.5. The molecule has 4 aromatic rings. The van der Waals surface area contributed by atoms with Crippen molar-refractivity contribution in [2.24, 2.45) is 0 Å². The highest BCUT2D eigenvalue weighted by molar-refractivity contribution is 9.10. The normalized spacial score (nSPS) is 17.2. The summed E-state index contributed by atoms with van der Waals surface area (Å²) in [5.74, 6) is -0.769. The van der Waals surface area contributed by atoms with Gasteiger partial charge in [-0.2, -0.15) is 0 Å². The predicted octanol–water partition coefficient (Wildman–Crippen LogP) is 6.37. The van der Waals surface area contributed by atoms with E-state index >= 15 is 0 Å². The largest absolute Gasteiger partial charge is 0.507 e. The molecule has 0 saturated carbocycles. The zero-order valence-electron chi connectivity index (χ0n) is 19.3. The van der Waals surface area contributed by atoms with Crippen LogP contribution in [0.1, 0.15) is 22.7 Å². The Balaban J connectivity index is 1.56. The first kappa shape index (κ1) is 24.3. The zero-order chi connectivity index (χ0) is 25.4. The minimum atomic E-state index is -0.717. The molecule has 0 bridgehead atoms. The van der Waals surface area contributed by atoms with E-state index in [1.54, 1.807) is 36.3 Å². The van der Waals surface area contributed by atoms with Crippen LogP contribution in [0, 0.1) is 0 Å². The number of hydrogen-bond acceptors (Lipinski definition) is 4. The van der Waals surface area contributed by atoms with Crippen LogP contribution >= 0.6 is 31.9 Å². The number of aliphatic hydroxyl groups is 1. The number of aromatic nitrogens is 1. The maximum atomic E-state index is 13.3. The van der Waals surface area contributed by atoms with Crippen LogP contribution in [0.25, 0.3) is 16.7 Å². The number of amides is 1. The highest BCUT2D eigenvalue weighted by Crippen LogP contribution is 2.40. The Morgan fingerprint density at radius 3 is 2.53 bits per heavy atom. The summed E-state index contributed by atoms with van der Waals surface area (Å²) in [6.45, 7) is 0.295. The second kappa shape index (κ2) is 9.95. The van der Waals surface area contributed by atoms with Crippen LogP contribution in [0.5, 0.6) is 5.75 Å². The average Bonchev–Trinajstić information content (AvgIpc) is 3.40. The molecular weight excluding hydrogens is 588 g/mol. The number of aromatic amines is 1. The lowest BCUT2D eigenvalue weighted by Gasteiger charge is -2.25. The molecule has 0 spiro atoms. The van der Waals surface area contributed by atoms with E-state index in [1.165, 1.54) is 0 Å². The molecule has 2 N–H and O–H groups in total. The van der Waals surface area contributed by atoms with Gasteiger partial charge in [-0.25, -0.2) is 0 Å². The fourth-order valence-electron chi connectivity index (χ4n) is 4.63. The first-order valence-electron chi connectivity index (χ1n) is 11.3. The summed E-state index contributed by atoms with van der Waals surface area (Å²) in [7, 11) is 1.62. The fourth-order valence-corrected chi connectivity index (χ4v) is 5.31. The molecule has 1 atom stereocenters. The number of ether oxygens (including phenoxy) is 1. The van der Waals surface area contributed by atoms with Gasteiger partial charge in [0.05, 0.1) is 18.7 Å². The van der Waals surface area contributed by atoms with Crippen molar-refractivity contribution in [3.8, 4) is 5.75 Å². The summed E-state index contributed by atoms with van der Waals surface area (Å²) in [5, 5.41) is 12.2. The molecule has 1 aromatic heterocycles. The molecule has 1 saturated heterocycles. The van der Waals surface area contributed by atoms with Crippen molar-refractivity contribution in [1.82, 2.24) is 9.88 Å². The predicted molar refractivity (Wildman–Crippen MR) is 146 cm³/mol. The molecule has 0 unspecified atom stereocenters. The molecule has 5 rings (SSSR count). The molecule has 182 valence electrons. The van der Waals surface area contributed by atoms with Crippen LogP contribution < -0.4 is 4.74 Å². The summed E-state index contributed by atoms with van der Waals surface area (Å²) >= 11 is 6.88. The second-order valence-electron chi connectivity index (χ2n) is 8.53. The summed E-state index contributed by atoms with van der Waals surface area (Å²) in [5.41, 5.74) is 3.27. The third kappa shape index (κ3) is 4.47. The highest BCUT2D eigenvalue weighted by Gasteiger charge is 2.45. The van der Waals surface area contributed by atoms with E-state index in [2.05, 4.69) is 36.8 Å². The minimum absolute atomic E-state index is 0.0843. The molecule has 6 nitrogen and oxygen atoms in total. The Morgan fingerprint density at radius 2 is 1.81 bits per heavy atom. The van der Waals surface area contributed by atoms with Crippen molar-refractivity contribution < 1.29 is 19.4 Å². The van der Waals surface area contributed by atoms with Crippen LogP contribution in [0.2, 0.25) is 0 Å². The van der Waals surface area contributed by atoms with E-state index < -0.39 is 17.7 Å². The number of Topliss-reactive ketones (excluding diaryl/α,β-unsaturated/α-hetero) is 1. The minimum Gasteiger partial charge on any atom is -0.507 e. The van der Waals surface area contributed by atoms with Crippen molar-refractivity contribution >= 4 is 60.2 Å². The number of H-pyrrole nitrogens is 1. The smallest absolute Gasteiger partial charge is 0.295 e. The first-order chi connectivity index (χ1) is 17.4. The van der Waals surface area contributed by atoms with Gasteiger partial charge in [-0.1, -0.05) is 56.1 Å². The summed E-state index contributed by atoms with van der Waals surface area (Å²) in [4.78, 5) is 31.4. The van der Waals surface area contributed by atoms with Crippen molar-refractivity contribution in [1.29, 1.82) is 0 Å².